The molecule has 0 atom stereocenters. The minimum atomic E-state index is -5.23. The third-order valence-electron chi connectivity index (χ3n) is 1.82. The summed E-state index contributed by atoms with van der Waals surface area (Å²) in [4.78, 5) is 0. The van der Waals surface area contributed by atoms with Gasteiger partial charge in [0, 0.05) is 0 Å². The largest absolute Gasteiger partial charge is 0.552 e. The van der Waals surface area contributed by atoms with Gasteiger partial charge >= 0.3 is 7.99 Å². The van der Waals surface area contributed by atoms with Gasteiger partial charge in [-0.25, -0.2) is 4.57 Å². The molecule has 5 heteroatoms. The molecular weight excluding hydrogens is 173 g/mol. The van der Waals surface area contributed by atoms with Gasteiger partial charge in [0.25, 0.3) is 0 Å². The van der Waals surface area contributed by atoms with Crippen LogP contribution in [-0.2, 0) is 9.09 Å². The van der Waals surface area contributed by atoms with Crippen LogP contribution in [0.25, 0.3) is 0 Å². The summed E-state index contributed by atoms with van der Waals surface area (Å²) in [5.74, 6) is 0. The standard InChI is InChI=1S/C6H11F2O2P/c7-11(8,9)10-6-4-2-1-3-5-6/h6H,1-5H2. The lowest BCUT2D eigenvalue weighted by Gasteiger charge is -2.20. The van der Waals surface area contributed by atoms with Crippen molar-refractivity contribution in [2.24, 2.45) is 0 Å². The first-order valence-corrected chi connectivity index (χ1v) is 5.16. The summed E-state index contributed by atoms with van der Waals surface area (Å²) >= 11 is 0. The van der Waals surface area contributed by atoms with Gasteiger partial charge in [0.2, 0.25) is 0 Å². The van der Waals surface area contributed by atoms with Crippen molar-refractivity contribution in [1.82, 2.24) is 0 Å². The third kappa shape index (κ3) is 3.82. The molecule has 1 aliphatic carbocycles. The van der Waals surface area contributed by atoms with E-state index in [-0.39, 0.29) is 0 Å². The summed E-state index contributed by atoms with van der Waals surface area (Å²) in [7, 11) is -5.23. The molecule has 11 heavy (non-hydrogen) atoms. The molecule has 2 nitrogen and oxygen atoms in total. The number of rotatable bonds is 2. The van der Waals surface area contributed by atoms with Crippen LogP contribution >= 0.6 is 7.99 Å². The van der Waals surface area contributed by atoms with Crippen LogP contribution in [0.1, 0.15) is 32.1 Å². The van der Waals surface area contributed by atoms with Crippen LogP contribution in [0.3, 0.4) is 0 Å². The van der Waals surface area contributed by atoms with Crippen molar-refractivity contribution in [3.05, 3.63) is 0 Å². The Balaban J connectivity index is 2.30. The summed E-state index contributed by atoms with van der Waals surface area (Å²) in [6.45, 7) is 0. The lowest BCUT2D eigenvalue weighted by Crippen LogP contribution is -2.13. The molecule has 0 aromatic carbocycles. The molecule has 0 heterocycles. The highest BCUT2D eigenvalue weighted by Crippen LogP contribution is 2.52. The van der Waals surface area contributed by atoms with E-state index >= 15 is 0 Å². The van der Waals surface area contributed by atoms with E-state index in [1.165, 1.54) is 0 Å². The highest BCUT2D eigenvalue weighted by atomic mass is 31.2. The van der Waals surface area contributed by atoms with Gasteiger partial charge in [0.1, 0.15) is 0 Å². The molecule has 1 saturated carbocycles. The van der Waals surface area contributed by atoms with Crippen molar-refractivity contribution in [3.8, 4) is 0 Å². The first kappa shape index (κ1) is 9.14. The molecular formula is C6H11F2O2P. The Labute approximate surface area is 64.6 Å². The Morgan fingerprint density at radius 1 is 1.18 bits per heavy atom. The van der Waals surface area contributed by atoms with E-state index in [1.54, 1.807) is 0 Å². The van der Waals surface area contributed by atoms with Crippen molar-refractivity contribution in [1.29, 1.82) is 0 Å². The van der Waals surface area contributed by atoms with Gasteiger partial charge < -0.3 is 0 Å². The molecule has 1 aliphatic rings. The average Bonchev–Trinajstić information content (AvgIpc) is 1.85. The van der Waals surface area contributed by atoms with E-state index in [0.717, 1.165) is 19.3 Å². The molecule has 0 unspecified atom stereocenters. The predicted octanol–water partition coefficient (Wildman–Crippen LogP) is 3.38. The van der Waals surface area contributed by atoms with Crippen LogP contribution in [0.4, 0.5) is 8.39 Å². The SMILES string of the molecule is O=P(F)(F)OC1CCCCC1. The zero-order chi connectivity index (χ0) is 8.32. The van der Waals surface area contributed by atoms with Crippen molar-refractivity contribution < 1.29 is 17.5 Å². The zero-order valence-corrected chi connectivity index (χ0v) is 7.03. The van der Waals surface area contributed by atoms with Crippen molar-refractivity contribution in [3.63, 3.8) is 0 Å². The highest BCUT2D eigenvalue weighted by Gasteiger charge is 2.27. The van der Waals surface area contributed by atoms with Gasteiger partial charge in [0.05, 0.1) is 6.10 Å². The Morgan fingerprint density at radius 3 is 2.18 bits per heavy atom. The molecule has 0 N–H and O–H groups in total. The van der Waals surface area contributed by atoms with Crippen LogP contribution in [0.15, 0.2) is 0 Å². The number of hydrogen-bond acceptors (Lipinski definition) is 2. The summed E-state index contributed by atoms with van der Waals surface area (Å²) in [5.41, 5.74) is 0. The molecule has 1 fully saturated rings. The maximum absolute atomic E-state index is 11.8. The van der Waals surface area contributed by atoms with E-state index in [2.05, 4.69) is 4.52 Å². The normalized spacial score (nSPS) is 22.0. The van der Waals surface area contributed by atoms with Gasteiger partial charge in [-0.2, -0.15) is 0 Å². The second-order valence-electron chi connectivity index (χ2n) is 2.78. The first-order chi connectivity index (χ1) is 5.08. The molecule has 0 saturated heterocycles. The highest BCUT2D eigenvalue weighted by molar-refractivity contribution is 7.47. The fourth-order valence-electron chi connectivity index (χ4n) is 1.34. The third-order valence-corrected chi connectivity index (χ3v) is 2.37. The van der Waals surface area contributed by atoms with Crippen LogP contribution in [0.5, 0.6) is 0 Å². The van der Waals surface area contributed by atoms with Crippen LogP contribution < -0.4 is 0 Å². The molecule has 0 bridgehead atoms. The van der Waals surface area contributed by atoms with Gasteiger partial charge in [0.15, 0.2) is 0 Å². The monoisotopic (exact) mass is 184 g/mol. The van der Waals surface area contributed by atoms with Crippen LogP contribution in [0.2, 0.25) is 0 Å². The van der Waals surface area contributed by atoms with E-state index in [9.17, 15) is 13.0 Å². The molecule has 66 valence electrons. The summed E-state index contributed by atoms with van der Waals surface area (Å²) in [5, 5.41) is 0. The minimum Gasteiger partial charge on any atom is -0.277 e. The summed E-state index contributed by atoms with van der Waals surface area (Å²) in [6.07, 6.45) is 3.66. The first-order valence-electron chi connectivity index (χ1n) is 3.76. The van der Waals surface area contributed by atoms with Gasteiger partial charge in [-0.3, -0.25) is 4.52 Å². The van der Waals surface area contributed by atoms with Crippen molar-refractivity contribution in [2.45, 2.75) is 38.2 Å². The molecule has 0 aromatic rings. The molecule has 0 spiro atoms. The smallest absolute Gasteiger partial charge is 0.277 e. The van der Waals surface area contributed by atoms with Crippen LogP contribution in [-0.4, -0.2) is 6.10 Å². The predicted molar refractivity (Wildman–Crippen MR) is 37.8 cm³/mol. The lowest BCUT2D eigenvalue weighted by atomic mass is 9.98. The minimum absolute atomic E-state index is 0.468. The van der Waals surface area contributed by atoms with Crippen molar-refractivity contribution >= 4 is 7.99 Å². The fourth-order valence-corrected chi connectivity index (χ4v) is 1.90. The van der Waals surface area contributed by atoms with E-state index < -0.39 is 14.1 Å². The summed E-state index contributed by atoms with van der Waals surface area (Å²) < 4.78 is 37.7. The Morgan fingerprint density at radius 2 is 1.73 bits per heavy atom. The average molecular weight is 184 g/mol. The Bertz CT molecular complexity index is 162. The quantitative estimate of drug-likeness (QED) is 0.615. The lowest BCUT2D eigenvalue weighted by molar-refractivity contribution is 0.131. The van der Waals surface area contributed by atoms with E-state index in [1.807, 2.05) is 0 Å². The fraction of sp³-hybridized carbons (Fsp3) is 1.00. The maximum atomic E-state index is 11.8. The Kier molecular flexibility index (Phi) is 3.02. The second kappa shape index (κ2) is 3.63. The Hall–Kier alpha value is 0.0500. The van der Waals surface area contributed by atoms with Crippen LogP contribution in [0, 0.1) is 0 Å². The molecule has 1 rings (SSSR count). The van der Waals surface area contributed by atoms with Gasteiger partial charge in [-0.1, -0.05) is 19.3 Å². The molecule has 0 aliphatic heterocycles. The topological polar surface area (TPSA) is 26.3 Å². The second-order valence-corrected chi connectivity index (χ2v) is 3.82. The van der Waals surface area contributed by atoms with Crippen molar-refractivity contribution in [2.75, 3.05) is 0 Å². The maximum Gasteiger partial charge on any atom is 0.552 e. The summed E-state index contributed by atoms with van der Waals surface area (Å²) in [6, 6.07) is 0. The molecule has 0 amide bonds. The van der Waals surface area contributed by atoms with E-state index in [4.69, 9.17) is 0 Å². The van der Waals surface area contributed by atoms with Gasteiger partial charge in [-0.05, 0) is 12.8 Å². The molecule has 0 radical (unpaired) electrons. The number of halogens is 2. The zero-order valence-electron chi connectivity index (χ0n) is 6.13. The van der Waals surface area contributed by atoms with E-state index in [0.29, 0.717) is 12.8 Å². The molecule has 0 aromatic heterocycles. The number of hydrogen-bond donors (Lipinski definition) is 0. The van der Waals surface area contributed by atoms with Gasteiger partial charge in [-0.15, -0.1) is 8.39 Å².